The van der Waals surface area contributed by atoms with Gasteiger partial charge in [0.2, 0.25) is 0 Å². The summed E-state index contributed by atoms with van der Waals surface area (Å²) in [4.78, 5) is 9.41. The summed E-state index contributed by atoms with van der Waals surface area (Å²) in [6.07, 6.45) is 7.37. The second-order valence-corrected chi connectivity index (χ2v) is 8.78. The molecule has 0 amide bonds. The van der Waals surface area contributed by atoms with Crippen LogP contribution in [0.4, 0.5) is 0 Å². The molecule has 0 saturated carbocycles. The summed E-state index contributed by atoms with van der Waals surface area (Å²) in [5.74, 6) is 0. The summed E-state index contributed by atoms with van der Waals surface area (Å²) in [7, 11) is 1.66. The lowest BCUT2D eigenvalue weighted by Crippen LogP contribution is -2.38. The minimum Gasteiger partial charge on any atom is -0.412 e. The molecule has 4 N–H and O–H groups in total. The third-order valence-electron chi connectivity index (χ3n) is 3.87. The minimum absolute atomic E-state index is 0. The van der Waals surface area contributed by atoms with Crippen molar-refractivity contribution < 1.29 is 31.4 Å². The first-order valence-corrected chi connectivity index (χ1v) is 13.2. The molecule has 27 heavy (non-hydrogen) atoms. The predicted molar refractivity (Wildman–Crippen MR) is 120 cm³/mol. The molecule has 0 aromatic rings. The van der Waals surface area contributed by atoms with Crippen molar-refractivity contribution in [3.8, 4) is 0 Å². The van der Waals surface area contributed by atoms with E-state index in [-0.39, 0.29) is 31.5 Å². The van der Waals surface area contributed by atoms with Gasteiger partial charge in [-0.3, -0.25) is 0 Å². The fourth-order valence-corrected chi connectivity index (χ4v) is 2.79. The largest absolute Gasteiger partial charge is 1.00 e. The van der Waals surface area contributed by atoms with Crippen LogP contribution in [0.25, 0.3) is 0 Å². The molecule has 6 nitrogen and oxygen atoms in total. The lowest BCUT2D eigenvalue weighted by atomic mass is 10.0. The molecule has 1 aliphatic rings. The Morgan fingerprint density at radius 1 is 1.19 bits per heavy atom. The summed E-state index contributed by atoms with van der Waals surface area (Å²) in [5, 5.41) is 17.9. The molecule has 0 spiro atoms. The molecule has 0 aliphatic carbocycles. The molecule has 0 radical (unpaired) electrons. The van der Waals surface area contributed by atoms with Crippen LogP contribution in [-0.2, 0) is 14.3 Å². The van der Waals surface area contributed by atoms with E-state index >= 15 is 0 Å². The van der Waals surface area contributed by atoms with Crippen molar-refractivity contribution >= 4 is 23.4 Å². The van der Waals surface area contributed by atoms with E-state index in [0.29, 0.717) is 6.10 Å². The summed E-state index contributed by atoms with van der Waals surface area (Å²) in [6.45, 7) is 12.0. The van der Waals surface area contributed by atoms with Gasteiger partial charge in [0, 0.05) is 12.3 Å². The minimum atomic E-state index is -0.173. The Kier molecular flexibility index (Phi) is 26.8. The van der Waals surface area contributed by atoms with E-state index in [1.807, 2.05) is 20.5 Å². The van der Waals surface area contributed by atoms with Crippen LogP contribution in [0.15, 0.2) is 0 Å². The van der Waals surface area contributed by atoms with Gasteiger partial charge in [-0.2, -0.15) is 0 Å². The molecular weight excluding hydrogens is 386 g/mol. The average Bonchev–Trinajstić information content (AvgIpc) is 2.61. The first-order chi connectivity index (χ1) is 12.3. The number of hydrogen-bond acceptors (Lipinski definition) is 5. The van der Waals surface area contributed by atoms with Gasteiger partial charge in [-0.15, -0.1) is 17.2 Å². The number of ether oxygens (including phenoxy) is 2. The molecule has 1 fully saturated rings. The number of aldehydes is 1. The van der Waals surface area contributed by atoms with Gasteiger partial charge in [-0.05, 0) is 59.3 Å². The van der Waals surface area contributed by atoms with Gasteiger partial charge in [0.25, 0.3) is 0 Å². The standard InChI is InChI=1S/C12H25O3P.C4H10O.C3H7OP.H2O/c1-4-10(13)5-6-11-7-9(2)14-12(15-11)8-16-3;1-3-4(2)5;1-5-3-2-4;/h9-13,16H,4-8H2,1-3H3;4-5H,3H2,1-2H3;2,5H,3H2,1H3;1H2/p+1. The van der Waals surface area contributed by atoms with Gasteiger partial charge in [-0.1, -0.05) is 13.8 Å². The van der Waals surface area contributed by atoms with E-state index in [9.17, 15) is 9.90 Å². The van der Waals surface area contributed by atoms with Gasteiger partial charge in [0.1, 0.15) is 6.29 Å². The zero-order valence-electron chi connectivity index (χ0n) is 19.0. The average molecular weight is 432 g/mol. The topological polar surface area (TPSA) is 107 Å². The summed E-state index contributed by atoms with van der Waals surface area (Å²) in [6, 6.07) is 0. The van der Waals surface area contributed by atoms with E-state index in [0.717, 1.165) is 67.9 Å². The molecule has 0 aromatic heterocycles. The quantitative estimate of drug-likeness (QED) is 0.431. The van der Waals surface area contributed by atoms with Crippen LogP contribution in [0.5, 0.6) is 0 Å². The number of carbonyl (C=O) groups excluding carboxylic acids is 1. The van der Waals surface area contributed by atoms with Crippen LogP contribution in [0.1, 0.15) is 61.2 Å². The van der Waals surface area contributed by atoms with Gasteiger partial charge in [-0.25, -0.2) is 0 Å². The number of aliphatic hydroxyl groups excluding tert-OH is 2. The smallest absolute Gasteiger partial charge is 0.412 e. The fourth-order valence-electron chi connectivity index (χ4n) is 2.10. The van der Waals surface area contributed by atoms with Crippen molar-refractivity contribution in [2.24, 2.45) is 0 Å². The molecule has 1 aliphatic heterocycles. The summed E-state index contributed by atoms with van der Waals surface area (Å²) < 4.78 is 11.6. The first kappa shape index (κ1) is 32.0. The van der Waals surface area contributed by atoms with Crippen LogP contribution in [0.3, 0.4) is 0 Å². The Bertz CT molecular complexity index is 314. The molecule has 7 unspecified atom stereocenters. The Labute approximate surface area is 171 Å². The van der Waals surface area contributed by atoms with E-state index < -0.39 is 0 Å². The maximum absolute atomic E-state index is 9.54. The molecule has 1 heterocycles. The maximum atomic E-state index is 9.54. The zero-order valence-corrected chi connectivity index (χ0v) is 20.0. The molecule has 0 aromatic carbocycles. The van der Waals surface area contributed by atoms with E-state index in [1.54, 1.807) is 6.92 Å². The molecular formula is C19H45O6P2+. The van der Waals surface area contributed by atoms with Crippen molar-refractivity contribution in [3.05, 3.63) is 0 Å². The first-order valence-electron chi connectivity index (χ1n) is 9.74. The highest BCUT2D eigenvalue weighted by Gasteiger charge is 2.27. The van der Waals surface area contributed by atoms with Gasteiger partial charge in [0.15, 0.2) is 6.29 Å². The van der Waals surface area contributed by atoms with Crippen LogP contribution in [0.2, 0.25) is 0 Å². The Balaban J connectivity index is -0.000000202. The Hall–Kier alpha value is 0.330. The third kappa shape index (κ3) is 22.5. The van der Waals surface area contributed by atoms with Gasteiger partial charge < -0.3 is 30.0 Å². The molecule has 0 bridgehead atoms. The lowest BCUT2D eigenvalue weighted by molar-refractivity contribution is -0.229. The number of rotatable bonds is 9. The SMILES string of the molecule is CCC(C)O.CCC(O)CCC1CC(C)OC(CPC)O1.CPCC=O.O.[H+]. The third-order valence-corrected chi connectivity index (χ3v) is 5.18. The second-order valence-electron chi connectivity index (χ2n) is 6.55. The van der Waals surface area contributed by atoms with Crippen molar-refractivity contribution in [1.29, 1.82) is 0 Å². The van der Waals surface area contributed by atoms with Crippen LogP contribution in [0, 0.1) is 0 Å². The molecule has 1 saturated heterocycles. The number of carbonyl (C=O) groups is 1. The zero-order chi connectivity index (χ0) is 20.4. The van der Waals surface area contributed by atoms with Crippen molar-refractivity contribution in [3.63, 3.8) is 0 Å². The monoisotopic (exact) mass is 431 g/mol. The molecule has 8 heteroatoms. The predicted octanol–water partition coefficient (Wildman–Crippen LogP) is 2.92. The van der Waals surface area contributed by atoms with Crippen LogP contribution < -0.4 is 0 Å². The highest BCUT2D eigenvalue weighted by molar-refractivity contribution is 7.38. The molecule has 7 atom stereocenters. The second kappa shape index (κ2) is 22.6. The summed E-state index contributed by atoms with van der Waals surface area (Å²) >= 11 is 0. The summed E-state index contributed by atoms with van der Waals surface area (Å²) in [5.41, 5.74) is 0. The lowest BCUT2D eigenvalue weighted by Gasteiger charge is -2.34. The number of aliphatic hydroxyl groups is 2. The van der Waals surface area contributed by atoms with Gasteiger partial charge >= 0.3 is 1.43 Å². The van der Waals surface area contributed by atoms with E-state index in [2.05, 4.69) is 13.6 Å². The highest BCUT2D eigenvalue weighted by Crippen LogP contribution is 2.25. The van der Waals surface area contributed by atoms with E-state index in [4.69, 9.17) is 14.6 Å². The highest BCUT2D eigenvalue weighted by atomic mass is 31.1. The van der Waals surface area contributed by atoms with E-state index in [1.165, 1.54) is 0 Å². The van der Waals surface area contributed by atoms with Crippen molar-refractivity contribution in [2.75, 3.05) is 25.7 Å². The Morgan fingerprint density at radius 3 is 2.15 bits per heavy atom. The molecule has 1 rings (SSSR count). The van der Waals surface area contributed by atoms with Crippen molar-refractivity contribution in [2.45, 2.75) is 90.5 Å². The van der Waals surface area contributed by atoms with Gasteiger partial charge in [0.05, 0.1) is 24.4 Å². The fraction of sp³-hybridized carbons (Fsp3) is 0.947. The maximum Gasteiger partial charge on any atom is 1.00 e. The van der Waals surface area contributed by atoms with Crippen LogP contribution >= 0.6 is 17.2 Å². The molecule has 166 valence electrons. The van der Waals surface area contributed by atoms with Crippen LogP contribution in [-0.4, -0.2) is 78.3 Å². The number of hydrogen-bond donors (Lipinski definition) is 2. The normalized spacial score (nSPS) is 24.4. The van der Waals surface area contributed by atoms with Crippen molar-refractivity contribution in [1.82, 2.24) is 0 Å². The Morgan fingerprint density at radius 2 is 1.78 bits per heavy atom.